The monoisotopic (exact) mass is 546 g/mol. The molecule has 2 N–H and O–H groups in total. The predicted octanol–water partition coefficient (Wildman–Crippen LogP) is 4.25. The van der Waals surface area contributed by atoms with Gasteiger partial charge in [0.1, 0.15) is 0 Å². The minimum absolute atomic E-state index is 0. The van der Waals surface area contributed by atoms with Gasteiger partial charge in [-0.3, -0.25) is 4.90 Å². The molecule has 1 saturated carbocycles. The van der Waals surface area contributed by atoms with E-state index >= 15 is 0 Å². The van der Waals surface area contributed by atoms with E-state index in [2.05, 4.69) is 66.8 Å². The minimum Gasteiger partial charge on any atom is -0.373 e. The van der Waals surface area contributed by atoms with Crippen molar-refractivity contribution in [2.24, 2.45) is 4.99 Å². The van der Waals surface area contributed by atoms with Gasteiger partial charge in [-0.25, -0.2) is 4.99 Å². The lowest BCUT2D eigenvalue weighted by molar-refractivity contribution is -0.0705. The van der Waals surface area contributed by atoms with Gasteiger partial charge < -0.3 is 15.4 Å². The van der Waals surface area contributed by atoms with Crippen molar-refractivity contribution in [1.82, 2.24) is 15.5 Å². The second kappa shape index (κ2) is 13.1. The summed E-state index contributed by atoms with van der Waals surface area (Å²) < 4.78 is 5.89. The fraction of sp³-hybridized carbons (Fsp3) is 0.696. The van der Waals surface area contributed by atoms with Crippen LogP contribution in [0.1, 0.15) is 51.2 Å². The molecule has 170 valence electrons. The number of thioether (sulfide) groups is 1. The molecular formula is C23H39IN4OS. The Labute approximate surface area is 204 Å². The maximum atomic E-state index is 5.89. The quantitative estimate of drug-likeness (QED) is 0.304. The van der Waals surface area contributed by atoms with Gasteiger partial charge in [-0.15, -0.1) is 24.0 Å². The van der Waals surface area contributed by atoms with E-state index in [0.29, 0.717) is 24.8 Å². The van der Waals surface area contributed by atoms with Gasteiger partial charge >= 0.3 is 0 Å². The number of hydrogen-bond donors (Lipinski definition) is 2. The van der Waals surface area contributed by atoms with Crippen LogP contribution in [0.2, 0.25) is 0 Å². The number of halogens is 1. The third-order valence-corrected chi connectivity index (χ3v) is 6.91. The second-order valence-electron chi connectivity index (χ2n) is 8.43. The highest BCUT2D eigenvalue weighted by molar-refractivity contribution is 14.0. The number of benzene rings is 1. The molecule has 1 saturated heterocycles. The van der Waals surface area contributed by atoms with Crippen molar-refractivity contribution >= 4 is 41.7 Å². The molecule has 4 atom stereocenters. The minimum atomic E-state index is 0. The second-order valence-corrected chi connectivity index (χ2v) is 9.57. The zero-order valence-electron chi connectivity index (χ0n) is 18.9. The lowest BCUT2D eigenvalue weighted by Crippen LogP contribution is -2.45. The molecule has 4 unspecified atom stereocenters. The summed E-state index contributed by atoms with van der Waals surface area (Å²) in [4.78, 5) is 7.43. The summed E-state index contributed by atoms with van der Waals surface area (Å²) in [5.74, 6) is 0.947. The Morgan fingerprint density at radius 3 is 2.50 bits per heavy atom. The van der Waals surface area contributed by atoms with Gasteiger partial charge in [0, 0.05) is 37.5 Å². The van der Waals surface area contributed by atoms with E-state index in [0.717, 1.165) is 37.4 Å². The summed E-state index contributed by atoms with van der Waals surface area (Å²) in [6, 6.07) is 9.27. The van der Waals surface area contributed by atoms with Crippen LogP contribution in [0.4, 0.5) is 0 Å². The summed E-state index contributed by atoms with van der Waals surface area (Å²) in [5.41, 5.74) is 2.68. The number of ether oxygens (including phenoxy) is 1. The number of hydrogen-bond acceptors (Lipinski definition) is 4. The van der Waals surface area contributed by atoms with Crippen LogP contribution in [0.15, 0.2) is 29.3 Å². The molecule has 1 aromatic carbocycles. The first-order valence-electron chi connectivity index (χ1n) is 11.1. The fourth-order valence-electron chi connectivity index (χ4n) is 4.48. The molecule has 1 aliphatic heterocycles. The first-order chi connectivity index (χ1) is 14.1. The average Bonchev–Trinajstić information content (AvgIpc) is 3.14. The Balaban J connectivity index is 0.00000320. The summed E-state index contributed by atoms with van der Waals surface area (Å²) in [5, 5.41) is 7.88. The molecule has 2 fully saturated rings. The molecule has 1 aromatic rings. The molecule has 0 bridgehead atoms. The predicted molar refractivity (Wildman–Crippen MR) is 140 cm³/mol. The smallest absolute Gasteiger partial charge is 0.191 e. The summed E-state index contributed by atoms with van der Waals surface area (Å²) in [6.07, 6.45) is 6.58. The van der Waals surface area contributed by atoms with E-state index in [4.69, 9.17) is 9.73 Å². The molecule has 5 nitrogen and oxygen atoms in total. The van der Waals surface area contributed by atoms with Crippen molar-refractivity contribution in [3.63, 3.8) is 0 Å². The van der Waals surface area contributed by atoms with E-state index in [1.54, 1.807) is 0 Å². The Hall–Kier alpha value is -0.510. The van der Waals surface area contributed by atoms with Gasteiger partial charge in [-0.05, 0) is 57.4 Å². The Morgan fingerprint density at radius 1 is 1.17 bits per heavy atom. The standard InChI is InChI=1S/C23H38N4OS.HI/c1-5-24-23(26-21-10-11-22(12-21)29-4)25-13-19-8-6-7-9-20(19)16-27-14-17(2)28-18(3)15-27;/h6-9,17-18,21-22H,5,10-16H2,1-4H3,(H2,24,25,26);1H. The summed E-state index contributed by atoms with van der Waals surface area (Å²) in [6.45, 7) is 11.0. The van der Waals surface area contributed by atoms with Crippen LogP contribution >= 0.6 is 35.7 Å². The molecule has 30 heavy (non-hydrogen) atoms. The Kier molecular flexibility index (Phi) is 11.3. The summed E-state index contributed by atoms with van der Waals surface area (Å²) in [7, 11) is 0. The molecule has 7 heteroatoms. The van der Waals surface area contributed by atoms with Crippen LogP contribution in [0.25, 0.3) is 0 Å². The lowest BCUT2D eigenvalue weighted by Gasteiger charge is -2.35. The van der Waals surface area contributed by atoms with E-state index < -0.39 is 0 Å². The number of guanidine groups is 1. The van der Waals surface area contributed by atoms with E-state index in [9.17, 15) is 0 Å². The van der Waals surface area contributed by atoms with Gasteiger partial charge in [0.25, 0.3) is 0 Å². The van der Waals surface area contributed by atoms with E-state index in [-0.39, 0.29) is 24.0 Å². The van der Waals surface area contributed by atoms with Gasteiger partial charge in [0.05, 0.1) is 18.8 Å². The third kappa shape index (κ3) is 7.88. The van der Waals surface area contributed by atoms with Gasteiger partial charge in [0.15, 0.2) is 5.96 Å². The van der Waals surface area contributed by atoms with Crippen LogP contribution in [0.3, 0.4) is 0 Å². The Bertz CT molecular complexity index is 664. The van der Waals surface area contributed by atoms with Crippen molar-refractivity contribution in [3.05, 3.63) is 35.4 Å². The highest BCUT2D eigenvalue weighted by Crippen LogP contribution is 2.28. The molecule has 0 spiro atoms. The van der Waals surface area contributed by atoms with Gasteiger partial charge in [-0.1, -0.05) is 24.3 Å². The number of nitrogens with one attached hydrogen (secondary N) is 2. The molecule has 0 aromatic heterocycles. The van der Waals surface area contributed by atoms with E-state index in [1.165, 1.54) is 30.4 Å². The molecule has 0 radical (unpaired) electrons. The van der Waals surface area contributed by atoms with Crippen molar-refractivity contribution < 1.29 is 4.74 Å². The highest BCUT2D eigenvalue weighted by atomic mass is 127. The maximum Gasteiger partial charge on any atom is 0.191 e. The van der Waals surface area contributed by atoms with Crippen LogP contribution in [-0.2, 0) is 17.8 Å². The molecule has 1 aliphatic carbocycles. The lowest BCUT2D eigenvalue weighted by atomic mass is 10.1. The topological polar surface area (TPSA) is 48.9 Å². The van der Waals surface area contributed by atoms with E-state index in [1.807, 2.05) is 11.8 Å². The number of morpholine rings is 1. The number of aliphatic imine (C=N–C) groups is 1. The average molecular weight is 547 g/mol. The van der Waals surface area contributed by atoms with Crippen LogP contribution < -0.4 is 10.6 Å². The SMILES string of the molecule is CCNC(=NCc1ccccc1CN1CC(C)OC(C)C1)NC1CCC(SC)C1.I. The van der Waals surface area contributed by atoms with Crippen molar-refractivity contribution in [1.29, 1.82) is 0 Å². The van der Waals surface area contributed by atoms with Crippen molar-refractivity contribution in [3.8, 4) is 0 Å². The first-order valence-corrected chi connectivity index (χ1v) is 12.4. The Morgan fingerprint density at radius 2 is 1.87 bits per heavy atom. The zero-order chi connectivity index (χ0) is 20.6. The maximum absolute atomic E-state index is 5.89. The van der Waals surface area contributed by atoms with Crippen molar-refractivity contribution in [2.45, 2.75) is 76.6 Å². The molecule has 1 heterocycles. The summed E-state index contributed by atoms with van der Waals surface area (Å²) >= 11 is 1.99. The molecular weight excluding hydrogens is 507 g/mol. The van der Waals surface area contributed by atoms with Crippen molar-refractivity contribution in [2.75, 3.05) is 25.9 Å². The van der Waals surface area contributed by atoms with Crippen LogP contribution in [0, 0.1) is 0 Å². The fourth-order valence-corrected chi connectivity index (χ4v) is 5.28. The number of nitrogens with zero attached hydrogens (tertiary/aromatic N) is 2. The van der Waals surface area contributed by atoms with Gasteiger partial charge in [-0.2, -0.15) is 11.8 Å². The number of rotatable bonds is 7. The third-order valence-electron chi connectivity index (χ3n) is 5.82. The largest absolute Gasteiger partial charge is 0.373 e. The van der Waals surface area contributed by atoms with Crippen LogP contribution in [-0.4, -0.2) is 60.2 Å². The van der Waals surface area contributed by atoms with Gasteiger partial charge in [0.2, 0.25) is 0 Å². The van der Waals surface area contributed by atoms with Crippen LogP contribution in [0.5, 0.6) is 0 Å². The first kappa shape index (κ1) is 25.7. The molecule has 2 aliphatic rings. The zero-order valence-corrected chi connectivity index (χ0v) is 22.0. The molecule has 3 rings (SSSR count). The molecule has 0 amide bonds. The highest BCUT2D eigenvalue weighted by Gasteiger charge is 2.25. The normalized spacial score (nSPS) is 27.5.